The highest BCUT2D eigenvalue weighted by atomic mass is 31.2. The maximum atomic E-state index is 9.79. The van der Waals surface area contributed by atoms with Gasteiger partial charge >= 0.3 is 8.60 Å². The summed E-state index contributed by atoms with van der Waals surface area (Å²) in [5.74, 6) is -0.759. The van der Waals surface area contributed by atoms with Crippen LogP contribution in [0, 0.1) is 0 Å². The van der Waals surface area contributed by atoms with Crippen molar-refractivity contribution in [3.05, 3.63) is 0 Å². The van der Waals surface area contributed by atoms with Crippen LogP contribution in [-0.2, 0) is 9.59 Å². The molecule has 0 spiro atoms. The zero-order chi connectivity index (χ0) is 8.73. The summed E-state index contributed by atoms with van der Waals surface area (Å²) in [6.45, 7) is 2.50. The molecule has 0 radical (unpaired) electrons. The summed E-state index contributed by atoms with van der Waals surface area (Å²) in [5.41, 5.74) is 0. The molecule has 0 atom stereocenters. The Morgan fingerprint density at radius 2 is 1.10 bits per heavy atom. The molecular weight excluding hydrogens is 159 g/mol. The molecule has 60 valence electrons. The minimum Gasteiger partial charge on any atom is -0.328 e. The summed E-state index contributed by atoms with van der Waals surface area (Å²) >= 11 is 0. The number of ketones is 2. The molecule has 0 saturated carbocycles. The Bertz CT molecular complexity index is 106. The minimum atomic E-state index is -2.62. The van der Waals surface area contributed by atoms with Crippen LogP contribution in [0.1, 0.15) is 13.8 Å². The molecule has 0 rings (SSSR count). The molecule has 0 amide bonds. The van der Waals surface area contributed by atoms with Gasteiger partial charge in [0.15, 0.2) is 11.6 Å². The van der Waals surface area contributed by atoms with E-state index in [1.807, 2.05) is 0 Å². The maximum Gasteiger partial charge on any atom is 0.324 e. The summed E-state index contributed by atoms with van der Waals surface area (Å²) in [6, 6.07) is 0. The highest BCUT2D eigenvalue weighted by molar-refractivity contribution is 7.38. The van der Waals surface area contributed by atoms with E-state index in [1.54, 1.807) is 0 Å². The van der Waals surface area contributed by atoms with Crippen molar-refractivity contribution in [3.63, 3.8) is 0 Å². The van der Waals surface area contributed by atoms with Crippen molar-refractivity contribution in [2.24, 2.45) is 0 Å². The van der Waals surface area contributed by atoms with E-state index in [0.717, 1.165) is 0 Å². The maximum absolute atomic E-state index is 9.79. The van der Waals surface area contributed by atoms with Gasteiger partial charge in [-0.1, -0.05) is 0 Å². The monoisotopic (exact) mass is 168 g/mol. The van der Waals surface area contributed by atoms with Gasteiger partial charge in [-0.15, -0.1) is 0 Å². The standard InChI is InChI=1S/C4H6O2.H3O3P/c1-3(5)4(2)6;1-4(2)3/h1-2H3;1-3H. The molecule has 0 heterocycles. The number of hydrogen-bond acceptors (Lipinski definition) is 5. The molecule has 0 aliphatic carbocycles. The summed E-state index contributed by atoms with van der Waals surface area (Å²) in [7, 11) is -2.62. The van der Waals surface area contributed by atoms with Crippen LogP contribution in [0.4, 0.5) is 0 Å². The highest BCUT2D eigenvalue weighted by Crippen LogP contribution is 2.11. The molecule has 0 aromatic heterocycles. The molecule has 0 aromatic rings. The summed E-state index contributed by atoms with van der Waals surface area (Å²) < 4.78 is 0. The zero-order valence-electron chi connectivity index (χ0n) is 5.61. The lowest BCUT2D eigenvalue weighted by atomic mass is 10.3. The highest BCUT2D eigenvalue weighted by Gasteiger charge is 1.94. The second-order valence-electron chi connectivity index (χ2n) is 1.38. The topological polar surface area (TPSA) is 94.8 Å². The zero-order valence-corrected chi connectivity index (χ0v) is 6.50. The average Bonchev–Trinajstić information content (AvgIpc) is 1.63. The summed E-state index contributed by atoms with van der Waals surface area (Å²) in [6.07, 6.45) is 0. The van der Waals surface area contributed by atoms with Crippen LogP contribution in [0.5, 0.6) is 0 Å². The van der Waals surface area contributed by atoms with Gasteiger partial charge < -0.3 is 14.7 Å². The van der Waals surface area contributed by atoms with Gasteiger partial charge in [-0.2, -0.15) is 0 Å². The third-order valence-electron chi connectivity index (χ3n) is 0.496. The third kappa shape index (κ3) is 25.4. The second-order valence-corrected chi connectivity index (χ2v) is 1.92. The number of rotatable bonds is 1. The molecule has 3 N–H and O–H groups in total. The number of Topliss-reactive ketones (excluding diaryl/α,β-unsaturated/α-hetero) is 2. The van der Waals surface area contributed by atoms with E-state index in [0.29, 0.717) is 0 Å². The molecule has 0 aliphatic heterocycles. The first-order valence-electron chi connectivity index (χ1n) is 2.26. The quantitative estimate of drug-likeness (QED) is 0.357. The van der Waals surface area contributed by atoms with Gasteiger partial charge in [0.05, 0.1) is 0 Å². The van der Waals surface area contributed by atoms with E-state index < -0.39 is 8.60 Å². The van der Waals surface area contributed by atoms with Crippen LogP contribution in [0.3, 0.4) is 0 Å². The predicted molar refractivity (Wildman–Crippen MR) is 34.9 cm³/mol. The van der Waals surface area contributed by atoms with Gasteiger partial charge in [-0.25, -0.2) is 0 Å². The molecule has 0 aliphatic rings. The minimum absolute atomic E-state index is 0.380. The van der Waals surface area contributed by atoms with E-state index >= 15 is 0 Å². The van der Waals surface area contributed by atoms with Crippen molar-refractivity contribution < 1.29 is 24.3 Å². The fraction of sp³-hybridized carbons (Fsp3) is 0.500. The Kier molecular flexibility index (Phi) is 8.35. The molecule has 6 heteroatoms. The van der Waals surface area contributed by atoms with Crippen molar-refractivity contribution in [1.29, 1.82) is 0 Å². The molecule has 0 saturated heterocycles. The molecular formula is C4H9O5P. The van der Waals surface area contributed by atoms with Crippen molar-refractivity contribution in [2.45, 2.75) is 13.8 Å². The van der Waals surface area contributed by atoms with Gasteiger partial charge in [0.2, 0.25) is 0 Å². The van der Waals surface area contributed by atoms with Crippen LogP contribution in [-0.4, -0.2) is 26.2 Å². The van der Waals surface area contributed by atoms with Crippen LogP contribution in [0.2, 0.25) is 0 Å². The van der Waals surface area contributed by atoms with Gasteiger partial charge in [0.1, 0.15) is 0 Å². The van der Waals surface area contributed by atoms with Crippen LogP contribution >= 0.6 is 8.60 Å². The smallest absolute Gasteiger partial charge is 0.324 e. The normalized spacial score (nSPS) is 8.20. The van der Waals surface area contributed by atoms with Crippen molar-refractivity contribution >= 4 is 20.2 Å². The molecule has 0 aromatic carbocycles. The number of carbonyl (C=O) groups excluding carboxylic acids is 2. The number of hydrogen-bond donors (Lipinski definition) is 3. The molecule has 0 fully saturated rings. The average molecular weight is 168 g/mol. The van der Waals surface area contributed by atoms with E-state index in [1.165, 1.54) is 13.8 Å². The number of carbonyl (C=O) groups is 2. The lowest BCUT2D eigenvalue weighted by Crippen LogP contribution is -2.01. The fourth-order valence-corrected chi connectivity index (χ4v) is 0. The van der Waals surface area contributed by atoms with Crippen molar-refractivity contribution in [3.8, 4) is 0 Å². The van der Waals surface area contributed by atoms with E-state index in [4.69, 9.17) is 14.7 Å². The first-order chi connectivity index (χ1) is 4.37. The molecule has 0 bridgehead atoms. The summed E-state index contributed by atoms with van der Waals surface area (Å²) in [5, 5.41) is 0. The Morgan fingerprint density at radius 3 is 1.10 bits per heavy atom. The van der Waals surface area contributed by atoms with E-state index in [9.17, 15) is 9.59 Å². The Balaban J connectivity index is 0. The fourth-order valence-electron chi connectivity index (χ4n) is 0. The van der Waals surface area contributed by atoms with Gasteiger partial charge in [-0.05, 0) is 0 Å². The largest absolute Gasteiger partial charge is 0.328 e. The molecule has 10 heavy (non-hydrogen) atoms. The Labute approximate surface area is 59.3 Å². The Hall–Kier alpha value is -0.350. The Morgan fingerprint density at radius 1 is 1.00 bits per heavy atom. The van der Waals surface area contributed by atoms with Crippen LogP contribution in [0.25, 0.3) is 0 Å². The second kappa shape index (κ2) is 6.77. The first-order valence-corrected chi connectivity index (χ1v) is 3.46. The van der Waals surface area contributed by atoms with Crippen LogP contribution < -0.4 is 0 Å². The predicted octanol–water partition coefficient (Wildman–Crippen LogP) is -0.645. The van der Waals surface area contributed by atoms with Crippen molar-refractivity contribution in [1.82, 2.24) is 0 Å². The lowest BCUT2D eigenvalue weighted by Gasteiger charge is -1.76. The lowest BCUT2D eigenvalue weighted by molar-refractivity contribution is -0.134. The van der Waals surface area contributed by atoms with E-state index in [-0.39, 0.29) is 11.6 Å². The van der Waals surface area contributed by atoms with Gasteiger partial charge in [0.25, 0.3) is 0 Å². The first kappa shape index (κ1) is 12.3. The third-order valence-corrected chi connectivity index (χ3v) is 0.496. The summed E-state index contributed by atoms with van der Waals surface area (Å²) in [4.78, 5) is 41.3. The molecule has 5 nitrogen and oxygen atoms in total. The van der Waals surface area contributed by atoms with Crippen LogP contribution in [0.15, 0.2) is 0 Å². The molecule has 0 unspecified atom stereocenters. The van der Waals surface area contributed by atoms with E-state index in [2.05, 4.69) is 0 Å². The van der Waals surface area contributed by atoms with Gasteiger partial charge in [-0.3, -0.25) is 9.59 Å². The SMILES string of the molecule is CC(=O)C(C)=O.OP(O)O. The van der Waals surface area contributed by atoms with Gasteiger partial charge in [0, 0.05) is 13.8 Å². The van der Waals surface area contributed by atoms with Crippen molar-refractivity contribution in [2.75, 3.05) is 0 Å².